The standard InChI is InChI=1S/C23H29N3O2/c1-3-6-21(27)26-14-5-11-23(17-26,22(28)24-2)16-18-7-4-8-20(15-18)19-9-12-25-13-10-19/h4,7-10,12-13,15H,3,5-6,11,14,16-17H2,1-2H3,(H,24,28)/t23-/m1/s1. The Labute approximate surface area is 167 Å². The van der Waals surface area contributed by atoms with E-state index in [1.54, 1.807) is 19.4 Å². The third kappa shape index (κ3) is 4.41. The zero-order valence-corrected chi connectivity index (χ0v) is 16.8. The van der Waals surface area contributed by atoms with Crippen LogP contribution in [0.3, 0.4) is 0 Å². The van der Waals surface area contributed by atoms with E-state index < -0.39 is 5.41 Å². The van der Waals surface area contributed by atoms with Crippen molar-refractivity contribution in [3.05, 3.63) is 54.4 Å². The highest BCUT2D eigenvalue weighted by atomic mass is 16.2. The molecule has 1 aromatic heterocycles. The number of carbonyl (C=O) groups is 2. The molecule has 1 atom stereocenters. The van der Waals surface area contributed by atoms with Crippen LogP contribution < -0.4 is 5.32 Å². The SMILES string of the molecule is CCCC(=O)N1CCC[C@](Cc2cccc(-c3ccncc3)c2)(C(=O)NC)C1. The molecule has 3 rings (SSSR count). The second-order valence-corrected chi connectivity index (χ2v) is 7.64. The maximum absolute atomic E-state index is 12.9. The summed E-state index contributed by atoms with van der Waals surface area (Å²) >= 11 is 0. The molecule has 2 aromatic rings. The number of amides is 2. The maximum Gasteiger partial charge on any atom is 0.228 e. The molecular formula is C23H29N3O2. The van der Waals surface area contributed by atoms with Crippen LogP contribution in [0, 0.1) is 5.41 Å². The smallest absolute Gasteiger partial charge is 0.228 e. The highest BCUT2D eigenvalue weighted by molar-refractivity contribution is 5.85. The fraction of sp³-hybridized carbons (Fsp3) is 0.435. The van der Waals surface area contributed by atoms with Gasteiger partial charge in [0.2, 0.25) is 11.8 Å². The van der Waals surface area contributed by atoms with Gasteiger partial charge in [-0.3, -0.25) is 14.6 Å². The fourth-order valence-electron chi connectivity index (χ4n) is 4.19. The van der Waals surface area contributed by atoms with Crippen LogP contribution in [0.4, 0.5) is 0 Å². The van der Waals surface area contributed by atoms with E-state index in [9.17, 15) is 9.59 Å². The number of hydrogen-bond donors (Lipinski definition) is 1. The van der Waals surface area contributed by atoms with E-state index in [0.29, 0.717) is 19.4 Å². The first kappa shape index (κ1) is 20.1. The highest BCUT2D eigenvalue weighted by Gasteiger charge is 2.42. The van der Waals surface area contributed by atoms with E-state index in [4.69, 9.17) is 0 Å². The Morgan fingerprint density at radius 1 is 1.18 bits per heavy atom. The van der Waals surface area contributed by atoms with Crippen molar-refractivity contribution in [2.24, 2.45) is 5.41 Å². The van der Waals surface area contributed by atoms with Gasteiger partial charge < -0.3 is 10.2 Å². The number of nitrogens with one attached hydrogen (secondary N) is 1. The van der Waals surface area contributed by atoms with Gasteiger partial charge in [-0.1, -0.05) is 31.2 Å². The molecule has 0 saturated carbocycles. The van der Waals surface area contributed by atoms with E-state index in [2.05, 4.69) is 28.5 Å². The predicted molar refractivity (Wildman–Crippen MR) is 111 cm³/mol. The van der Waals surface area contributed by atoms with Gasteiger partial charge in [0, 0.05) is 39.0 Å². The Kier molecular flexibility index (Phi) is 6.45. The number of likely N-dealkylation sites (tertiary alicyclic amines) is 1. The third-order valence-electron chi connectivity index (χ3n) is 5.59. The molecule has 2 amide bonds. The molecule has 1 aliphatic heterocycles. The number of nitrogens with zero attached hydrogens (tertiary/aromatic N) is 2. The van der Waals surface area contributed by atoms with Crippen LogP contribution in [0.2, 0.25) is 0 Å². The number of benzene rings is 1. The van der Waals surface area contributed by atoms with Crippen molar-refractivity contribution in [3.8, 4) is 11.1 Å². The molecule has 148 valence electrons. The van der Waals surface area contributed by atoms with E-state index in [0.717, 1.165) is 42.5 Å². The number of hydrogen-bond acceptors (Lipinski definition) is 3. The van der Waals surface area contributed by atoms with Crippen LogP contribution >= 0.6 is 0 Å². The number of rotatable bonds is 6. The lowest BCUT2D eigenvalue weighted by molar-refractivity contribution is -0.141. The number of piperidine rings is 1. The Balaban J connectivity index is 1.87. The Hall–Kier alpha value is -2.69. The fourth-order valence-corrected chi connectivity index (χ4v) is 4.19. The van der Waals surface area contributed by atoms with Crippen LogP contribution in [0.1, 0.15) is 38.2 Å². The molecule has 1 fully saturated rings. The van der Waals surface area contributed by atoms with Gasteiger partial charge in [0.25, 0.3) is 0 Å². The van der Waals surface area contributed by atoms with Crippen molar-refractivity contribution >= 4 is 11.8 Å². The van der Waals surface area contributed by atoms with E-state index in [1.807, 2.05) is 30.0 Å². The first-order chi connectivity index (χ1) is 13.6. The summed E-state index contributed by atoms with van der Waals surface area (Å²) in [7, 11) is 1.68. The van der Waals surface area contributed by atoms with Gasteiger partial charge in [0.15, 0.2) is 0 Å². The molecular weight excluding hydrogens is 350 g/mol. The van der Waals surface area contributed by atoms with E-state index >= 15 is 0 Å². The molecule has 1 N–H and O–H groups in total. The minimum Gasteiger partial charge on any atom is -0.359 e. The molecule has 0 unspecified atom stereocenters. The van der Waals surface area contributed by atoms with Crippen LogP contribution in [0.5, 0.6) is 0 Å². The molecule has 0 spiro atoms. The number of carbonyl (C=O) groups excluding carboxylic acids is 2. The summed E-state index contributed by atoms with van der Waals surface area (Å²) in [6.45, 7) is 3.25. The molecule has 2 heterocycles. The molecule has 0 bridgehead atoms. The lowest BCUT2D eigenvalue weighted by Gasteiger charge is -2.41. The minimum absolute atomic E-state index is 0.0239. The van der Waals surface area contributed by atoms with Crippen LogP contribution in [0.25, 0.3) is 11.1 Å². The van der Waals surface area contributed by atoms with Gasteiger partial charge in [-0.25, -0.2) is 0 Å². The molecule has 0 aliphatic carbocycles. The molecule has 1 aromatic carbocycles. The van der Waals surface area contributed by atoms with Crippen molar-refractivity contribution in [3.63, 3.8) is 0 Å². The van der Waals surface area contributed by atoms with E-state index in [-0.39, 0.29) is 11.8 Å². The molecule has 5 heteroatoms. The first-order valence-electron chi connectivity index (χ1n) is 10.1. The van der Waals surface area contributed by atoms with Crippen molar-refractivity contribution < 1.29 is 9.59 Å². The van der Waals surface area contributed by atoms with Gasteiger partial charge in [0.05, 0.1) is 5.41 Å². The van der Waals surface area contributed by atoms with Crippen molar-refractivity contribution in [2.75, 3.05) is 20.1 Å². The topological polar surface area (TPSA) is 62.3 Å². The Morgan fingerprint density at radius 3 is 2.68 bits per heavy atom. The summed E-state index contributed by atoms with van der Waals surface area (Å²) in [5.74, 6) is 0.178. The van der Waals surface area contributed by atoms with Crippen LogP contribution in [-0.2, 0) is 16.0 Å². The van der Waals surface area contributed by atoms with Gasteiger partial charge in [-0.15, -0.1) is 0 Å². The van der Waals surface area contributed by atoms with Crippen LogP contribution in [0.15, 0.2) is 48.8 Å². The van der Waals surface area contributed by atoms with E-state index in [1.165, 1.54) is 0 Å². The van der Waals surface area contributed by atoms with Gasteiger partial charge in [0.1, 0.15) is 0 Å². The largest absolute Gasteiger partial charge is 0.359 e. The predicted octanol–water partition coefficient (Wildman–Crippen LogP) is 3.45. The first-order valence-corrected chi connectivity index (χ1v) is 10.1. The summed E-state index contributed by atoms with van der Waals surface area (Å²) in [6, 6.07) is 12.3. The normalized spacial score (nSPS) is 19.3. The van der Waals surface area contributed by atoms with Gasteiger partial charge in [-0.2, -0.15) is 0 Å². The monoisotopic (exact) mass is 379 g/mol. The highest BCUT2D eigenvalue weighted by Crippen LogP contribution is 2.35. The molecule has 5 nitrogen and oxygen atoms in total. The molecule has 1 aliphatic rings. The zero-order valence-electron chi connectivity index (χ0n) is 16.8. The zero-order chi connectivity index (χ0) is 20.0. The average molecular weight is 380 g/mol. The minimum atomic E-state index is -0.576. The second-order valence-electron chi connectivity index (χ2n) is 7.64. The summed E-state index contributed by atoms with van der Waals surface area (Å²) < 4.78 is 0. The lowest BCUT2D eigenvalue weighted by atomic mass is 9.74. The van der Waals surface area contributed by atoms with Crippen molar-refractivity contribution in [2.45, 2.75) is 39.0 Å². The third-order valence-corrected chi connectivity index (χ3v) is 5.59. The Bertz CT molecular complexity index is 822. The summed E-state index contributed by atoms with van der Waals surface area (Å²) in [6.07, 6.45) is 7.22. The number of pyridine rings is 1. The average Bonchev–Trinajstić information content (AvgIpc) is 2.74. The van der Waals surface area contributed by atoms with Gasteiger partial charge >= 0.3 is 0 Å². The summed E-state index contributed by atoms with van der Waals surface area (Å²) in [5.41, 5.74) is 2.76. The molecule has 28 heavy (non-hydrogen) atoms. The Morgan fingerprint density at radius 2 is 1.96 bits per heavy atom. The van der Waals surface area contributed by atoms with Gasteiger partial charge in [-0.05, 0) is 54.5 Å². The second kappa shape index (κ2) is 9.00. The summed E-state index contributed by atoms with van der Waals surface area (Å²) in [5, 5.41) is 2.85. The van der Waals surface area contributed by atoms with Crippen LogP contribution in [-0.4, -0.2) is 41.8 Å². The van der Waals surface area contributed by atoms with Crippen molar-refractivity contribution in [1.82, 2.24) is 15.2 Å². The number of aromatic nitrogens is 1. The maximum atomic E-state index is 12.9. The molecule has 1 saturated heterocycles. The van der Waals surface area contributed by atoms with Crippen molar-refractivity contribution in [1.29, 1.82) is 0 Å². The lowest BCUT2D eigenvalue weighted by Crippen LogP contribution is -2.53. The molecule has 0 radical (unpaired) electrons. The quantitative estimate of drug-likeness (QED) is 0.836. The summed E-state index contributed by atoms with van der Waals surface area (Å²) in [4.78, 5) is 31.4.